The fourth-order valence-electron chi connectivity index (χ4n) is 2.54. The van der Waals surface area contributed by atoms with Crippen molar-refractivity contribution in [2.45, 2.75) is 18.9 Å². The Morgan fingerprint density at radius 1 is 1.63 bits per heavy atom. The lowest BCUT2D eigenvalue weighted by Gasteiger charge is -2.28. The first kappa shape index (κ1) is 14.1. The van der Waals surface area contributed by atoms with Crippen LogP contribution in [0.2, 0.25) is 0 Å². The highest BCUT2D eigenvalue weighted by molar-refractivity contribution is 7.11. The molecule has 1 aromatic rings. The topological polar surface area (TPSA) is 74.5 Å². The molecule has 1 atom stereocenters. The molecule has 106 valence electrons. The number of nitrogens with zero attached hydrogens (tertiary/aromatic N) is 3. The van der Waals surface area contributed by atoms with Gasteiger partial charge in [0.05, 0.1) is 0 Å². The van der Waals surface area contributed by atoms with E-state index in [1.807, 2.05) is 0 Å². The van der Waals surface area contributed by atoms with E-state index in [-0.39, 0.29) is 5.91 Å². The molecule has 0 aliphatic carbocycles. The van der Waals surface area contributed by atoms with Gasteiger partial charge in [-0.1, -0.05) is 0 Å². The SMILES string of the molecule is CNC(=O)c1c(N)nsc1N1CCCC1CN(C)C. The minimum Gasteiger partial charge on any atom is -0.382 e. The molecule has 1 aromatic heterocycles. The number of anilines is 2. The molecule has 0 radical (unpaired) electrons. The Hall–Kier alpha value is -1.34. The van der Waals surface area contributed by atoms with Crippen LogP contribution in [-0.2, 0) is 0 Å². The summed E-state index contributed by atoms with van der Waals surface area (Å²) in [6.07, 6.45) is 2.28. The predicted octanol–water partition coefficient (Wildman–Crippen LogP) is 0.615. The second-order valence-electron chi connectivity index (χ2n) is 5.08. The highest BCUT2D eigenvalue weighted by Crippen LogP contribution is 2.35. The summed E-state index contributed by atoms with van der Waals surface area (Å²) in [5.41, 5.74) is 6.36. The summed E-state index contributed by atoms with van der Waals surface area (Å²) in [5.74, 6) is 0.173. The summed E-state index contributed by atoms with van der Waals surface area (Å²) >= 11 is 1.32. The summed E-state index contributed by atoms with van der Waals surface area (Å²) in [6.45, 7) is 1.94. The number of hydrogen-bond acceptors (Lipinski definition) is 6. The summed E-state index contributed by atoms with van der Waals surface area (Å²) in [4.78, 5) is 16.4. The van der Waals surface area contributed by atoms with Gasteiger partial charge in [0, 0.05) is 26.2 Å². The van der Waals surface area contributed by atoms with Crippen molar-refractivity contribution in [2.24, 2.45) is 0 Å². The number of nitrogens with two attached hydrogens (primary N) is 1. The molecule has 1 aliphatic heterocycles. The average Bonchev–Trinajstić information content (AvgIpc) is 2.94. The van der Waals surface area contributed by atoms with Crippen LogP contribution in [-0.4, -0.2) is 55.5 Å². The molecule has 3 N–H and O–H groups in total. The molecule has 0 bridgehead atoms. The lowest BCUT2D eigenvalue weighted by Crippen LogP contribution is -2.38. The van der Waals surface area contributed by atoms with Crippen LogP contribution in [0, 0.1) is 0 Å². The molecule has 0 spiro atoms. The fourth-order valence-corrected chi connectivity index (χ4v) is 3.45. The first-order valence-corrected chi connectivity index (χ1v) is 7.20. The molecule has 7 heteroatoms. The molecule has 0 aromatic carbocycles. The third-order valence-corrected chi connectivity index (χ3v) is 4.27. The smallest absolute Gasteiger partial charge is 0.257 e. The molecule has 1 unspecified atom stereocenters. The van der Waals surface area contributed by atoms with Crippen molar-refractivity contribution < 1.29 is 4.79 Å². The van der Waals surface area contributed by atoms with Gasteiger partial charge in [0.25, 0.3) is 5.91 Å². The number of aromatic nitrogens is 1. The maximum atomic E-state index is 11.9. The van der Waals surface area contributed by atoms with Crippen LogP contribution in [0.25, 0.3) is 0 Å². The summed E-state index contributed by atoms with van der Waals surface area (Å²) in [7, 11) is 5.75. The zero-order chi connectivity index (χ0) is 14.0. The van der Waals surface area contributed by atoms with Crippen molar-refractivity contribution in [1.82, 2.24) is 14.6 Å². The Balaban J connectivity index is 2.28. The van der Waals surface area contributed by atoms with Crippen molar-refractivity contribution in [3.63, 3.8) is 0 Å². The van der Waals surface area contributed by atoms with Gasteiger partial charge in [-0.3, -0.25) is 4.79 Å². The Morgan fingerprint density at radius 2 is 2.37 bits per heavy atom. The van der Waals surface area contributed by atoms with Gasteiger partial charge >= 0.3 is 0 Å². The number of nitrogens with one attached hydrogen (secondary N) is 1. The number of likely N-dealkylation sites (N-methyl/N-ethyl adjacent to an activating group) is 1. The van der Waals surface area contributed by atoms with Crippen LogP contribution >= 0.6 is 11.5 Å². The molecule has 0 saturated carbocycles. The number of rotatable bonds is 4. The third-order valence-electron chi connectivity index (χ3n) is 3.37. The largest absolute Gasteiger partial charge is 0.382 e. The van der Waals surface area contributed by atoms with Crippen LogP contribution in [0.5, 0.6) is 0 Å². The molecule has 19 heavy (non-hydrogen) atoms. The normalized spacial score (nSPS) is 19.2. The molecule has 2 rings (SSSR count). The van der Waals surface area contributed by atoms with Gasteiger partial charge < -0.3 is 20.9 Å². The van der Waals surface area contributed by atoms with E-state index in [1.165, 1.54) is 11.5 Å². The molecule has 2 heterocycles. The maximum absolute atomic E-state index is 11.9. The van der Waals surface area contributed by atoms with E-state index in [0.717, 1.165) is 30.9 Å². The van der Waals surface area contributed by atoms with Crippen LogP contribution in [0.15, 0.2) is 0 Å². The van der Waals surface area contributed by atoms with Crippen LogP contribution < -0.4 is 16.0 Å². The van der Waals surface area contributed by atoms with Gasteiger partial charge in [0.15, 0.2) is 5.82 Å². The van der Waals surface area contributed by atoms with E-state index in [2.05, 4.69) is 33.6 Å². The summed E-state index contributed by atoms with van der Waals surface area (Å²) in [6, 6.07) is 0.429. The summed E-state index contributed by atoms with van der Waals surface area (Å²) in [5, 5.41) is 3.54. The van der Waals surface area contributed by atoms with Crippen molar-refractivity contribution in [3.8, 4) is 0 Å². The van der Waals surface area contributed by atoms with Gasteiger partial charge in [-0.25, -0.2) is 0 Å². The van der Waals surface area contributed by atoms with Gasteiger partial charge in [-0.05, 0) is 38.5 Å². The van der Waals surface area contributed by atoms with Crippen molar-refractivity contribution in [3.05, 3.63) is 5.56 Å². The monoisotopic (exact) mass is 283 g/mol. The lowest BCUT2D eigenvalue weighted by molar-refractivity contribution is 0.0964. The number of amides is 1. The number of carbonyl (C=O) groups excluding carboxylic acids is 1. The molecule has 1 fully saturated rings. The Bertz CT molecular complexity index is 459. The van der Waals surface area contributed by atoms with Crippen molar-refractivity contribution in [2.75, 3.05) is 44.9 Å². The quantitative estimate of drug-likeness (QED) is 0.847. The Kier molecular flexibility index (Phi) is 4.26. The molecule has 1 saturated heterocycles. The number of carbonyl (C=O) groups is 1. The highest BCUT2D eigenvalue weighted by Gasteiger charge is 2.31. The van der Waals surface area contributed by atoms with Gasteiger partial charge in [-0.2, -0.15) is 4.37 Å². The molecular formula is C12H21N5OS. The summed E-state index contributed by atoms with van der Waals surface area (Å²) < 4.78 is 4.15. The molecule has 6 nitrogen and oxygen atoms in total. The van der Waals surface area contributed by atoms with Crippen molar-refractivity contribution >= 4 is 28.3 Å². The average molecular weight is 283 g/mol. The molecular weight excluding hydrogens is 262 g/mol. The zero-order valence-corrected chi connectivity index (χ0v) is 12.5. The van der Waals surface area contributed by atoms with Gasteiger partial charge in [0.2, 0.25) is 0 Å². The van der Waals surface area contributed by atoms with E-state index in [1.54, 1.807) is 7.05 Å². The maximum Gasteiger partial charge on any atom is 0.257 e. The van der Waals surface area contributed by atoms with Crippen LogP contribution in [0.1, 0.15) is 23.2 Å². The lowest BCUT2D eigenvalue weighted by atomic mass is 10.2. The predicted molar refractivity (Wildman–Crippen MR) is 78.8 cm³/mol. The fraction of sp³-hybridized carbons (Fsp3) is 0.667. The van der Waals surface area contributed by atoms with E-state index < -0.39 is 0 Å². The van der Waals surface area contributed by atoms with E-state index >= 15 is 0 Å². The number of hydrogen-bond donors (Lipinski definition) is 2. The Morgan fingerprint density at radius 3 is 3.00 bits per heavy atom. The van der Waals surface area contributed by atoms with E-state index in [4.69, 9.17) is 5.73 Å². The second-order valence-corrected chi connectivity index (χ2v) is 5.83. The van der Waals surface area contributed by atoms with E-state index in [0.29, 0.717) is 17.4 Å². The van der Waals surface area contributed by atoms with E-state index in [9.17, 15) is 4.79 Å². The van der Waals surface area contributed by atoms with Gasteiger partial charge in [-0.15, -0.1) is 0 Å². The third kappa shape index (κ3) is 2.82. The number of nitrogen functional groups attached to an aromatic ring is 1. The van der Waals surface area contributed by atoms with Crippen molar-refractivity contribution in [1.29, 1.82) is 0 Å². The first-order chi connectivity index (χ1) is 9.04. The zero-order valence-electron chi connectivity index (χ0n) is 11.6. The minimum atomic E-state index is -0.156. The standard InChI is InChI=1S/C12H21N5OS/c1-14-11(18)9-10(13)15-19-12(9)17-6-4-5-8(17)7-16(2)3/h8H,4-7H2,1-3H3,(H2,13,15)(H,14,18). The van der Waals surface area contributed by atoms with Crippen LogP contribution in [0.4, 0.5) is 10.8 Å². The Labute approximate surface area is 117 Å². The molecule has 1 amide bonds. The molecule has 1 aliphatic rings. The first-order valence-electron chi connectivity index (χ1n) is 6.43. The highest BCUT2D eigenvalue weighted by atomic mass is 32.1. The minimum absolute atomic E-state index is 0.156. The van der Waals surface area contributed by atoms with Crippen LogP contribution in [0.3, 0.4) is 0 Å². The van der Waals surface area contributed by atoms with Gasteiger partial charge in [0.1, 0.15) is 10.6 Å². The second kappa shape index (κ2) is 5.75.